The van der Waals surface area contributed by atoms with Crippen LogP contribution in [0.25, 0.3) is 11.3 Å². The zero-order valence-corrected chi connectivity index (χ0v) is 17.6. The van der Waals surface area contributed by atoms with Crippen LogP contribution in [0.3, 0.4) is 0 Å². The number of thiazole rings is 1. The summed E-state index contributed by atoms with van der Waals surface area (Å²) in [5, 5.41) is 3.72. The zero-order chi connectivity index (χ0) is 19.4. The number of benzene rings is 1. The first-order valence-electron chi connectivity index (χ1n) is 9.76. The molecule has 1 aromatic heterocycles. The maximum atomic E-state index is 12.5. The van der Waals surface area contributed by atoms with Crippen molar-refractivity contribution in [3.05, 3.63) is 35.2 Å². The van der Waals surface area contributed by atoms with Crippen molar-refractivity contribution < 1.29 is 4.79 Å². The van der Waals surface area contributed by atoms with Crippen LogP contribution in [0, 0.1) is 0 Å². The molecule has 1 N–H and O–H groups in total. The van der Waals surface area contributed by atoms with Gasteiger partial charge in [0.25, 0.3) is 0 Å². The third-order valence-corrected chi connectivity index (χ3v) is 6.25. The molecule has 1 aliphatic rings. The van der Waals surface area contributed by atoms with E-state index in [-0.39, 0.29) is 5.91 Å². The Morgan fingerprint density at radius 1 is 1.11 bits per heavy atom. The highest BCUT2D eigenvalue weighted by atomic mass is 32.1. The van der Waals surface area contributed by atoms with E-state index in [9.17, 15) is 4.79 Å². The van der Waals surface area contributed by atoms with E-state index in [1.807, 2.05) is 18.2 Å². The van der Waals surface area contributed by atoms with E-state index in [1.54, 1.807) is 11.3 Å². The molecule has 1 aliphatic heterocycles. The van der Waals surface area contributed by atoms with Crippen LogP contribution in [0.5, 0.6) is 0 Å². The molecular weight excluding hydrogens is 356 g/mol. The largest absolute Gasteiger partial charge is 0.301 e. The number of carbonyl (C=O) groups is 1. The topological polar surface area (TPSA) is 48.5 Å². The van der Waals surface area contributed by atoms with Crippen molar-refractivity contribution in [3.63, 3.8) is 0 Å². The summed E-state index contributed by atoms with van der Waals surface area (Å²) in [7, 11) is 0. The van der Waals surface area contributed by atoms with Crippen molar-refractivity contribution in [2.45, 2.75) is 39.7 Å². The summed E-state index contributed by atoms with van der Waals surface area (Å²) >= 11 is 1.59. The second kappa shape index (κ2) is 8.95. The Morgan fingerprint density at radius 2 is 1.78 bits per heavy atom. The number of nitrogens with one attached hydrogen (secondary N) is 1. The number of nitrogens with zero attached hydrogens (tertiary/aromatic N) is 3. The Labute approximate surface area is 166 Å². The van der Waals surface area contributed by atoms with Crippen LogP contribution < -0.4 is 5.32 Å². The smallest absolute Gasteiger partial charge is 0.240 e. The highest BCUT2D eigenvalue weighted by molar-refractivity contribution is 7.16. The predicted octanol–water partition coefficient (Wildman–Crippen LogP) is 3.90. The minimum absolute atomic E-state index is 0.0247. The molecule has 27 heavy (non-hydrogen) atoms. The molecule has 6 heteroatoms. The number of aromatic nitrogens is 1. The standard InChI is InChI=1S/C21H30N4OS/c1-15(2)20-19(17-8-6-5-7-9-17)23-21(27-20)22-18(26)14-24-10-12-25(13-11-24)16(3)4/h5-9,15-16H,10-14H2,1-4H3,(H,22,23,26). The molecule has 0 saturated carbocycles. The van der Waals surface area contributed by atoms with Crippen molar-refractivity contribution in [3.8, 4) is 11.3 Å². The molecule has 0 bridgehead atoms. The lowest BCUT2D eigenvalue weighted by molar-refractivity contribution is -0.117. The first-order chi connectivity index (χ1) is 12.9. The third kappa shape index (κ3) is 5.15. The number of hydrogen-bond donors (Lipinski definition) is 1. The monoisotopic (exact) mass is 386 g/mol. The molecule has 1 amide bonds. The second-order valence-corrected chi connectivity index (χ2v) is 8.74. The fourth-order valence-corrected chi connectivity index (χ4v) is 4.39. The number of hydrogen-bond acceptors (Lipinski definition) is 5. The van der Waals surface area contributed by atoms with E-state index in [0.29, 0.717) is 23.6 Å². The number of anilines is 1. The maximum Gasteiger partial charge on any atom is 0.240 e. The Morgan fingerprint density at radius 3 is 2.37 bits per heavy atom. The average Bonchev–Trinajstić information content (AvgIpc) is 3.07. The number of carbonyl (C=O) groups excluding carboxylic acids is 1. The molecule has 2 heterocycles. The van der Waals surface area contributed by atoms with Crippen LogP contribution in [0.1, 0.15) is 38.5 Å². The van der Waals surface area contributed by atoms with Gasteiger partial charge in [0.05, 0.1) is 12.2 Å². The van der Waals surface area contributed by atoms with Crippen LogP contribution >= 0.6 is 11.3 Å². The van der Waals surface area contributed by atoms with Gasteiger partial charge in [-0.3, -0.25) is 14.6 Å². The lowest BCUT2D eigenvalue weighted by Gasteiger charge is -2.36. The van der Waals surface area contributed by atoms with Crippen LogP contribution in [0.2, 0.25) is 0 Å². The van der Waals surface area contributed by atoms with E-state index in [1.165, 1.54) is 4.88 Å². The summed E-state index contributed by atoms with van der Waals surface area (Å²) in [6, 6.07) is 10.8. The SMILES string of the molecule is CC(C)c1sc(NC(=O)CN2CCN(C(C)C)CC2)nc1-c1ccccc1. The summed E-state index contributed by atoms with van der Waals surface area (Å²) < 4.78 is 0. The van der Waals surface area contributed by atoms with Gasteiger partial charge in [0.1, 0.15) is 0 Å². The maximum absolute atomic E-state index is 12.5. The van der Waals surface area contributed by atoms with Crippen molar-refractivity contribution in [2.24, 2.45) is 0 Å². The summed E-state index contributed by atoms with van der Waals surface area (Å²) in [5.41, 5.74) is 2.08. The van der Waals surface area contributed by atoms with Crippen LogP contribution in [0.15, 0.2) is 30.3 Å². The molecular formula is C21H30N4OS. The molecule has 1 saturated heterocycles. The summed E-state index contributed by atoms with van der Waals surface area (Å²) in [4.78, 5) is 23.1. The van der Waals surface area contributed by atoms with Gasteiger partial charge < -0.3 is 5.32 Å². The molecule has 1 aromatic carbocycles. The molecule has 0 aliphatic carbocycles. The van der Waals surface area contributed by atoms with Gasteiger partial charge in [0, 0.05) is 42.7 Å². The van der Waals surface area contributed by atoms with E-state index < -0.39 is 0 Å². The minimum atomic E-state index is 0.0247. The van der Waals surface area contributed by atoms with Crippen LogP contribution in [0.4, 0.5) is 5.13 Å². The summed E-state index contributed by atoms with van der Waals surface area (Å²) in [6.45, 7) is 13.1. The zero-order valence-electron chi connectivity index (χ0n) is 16.7. The molecule has 3 rings (SSSR count). The van der Waals surface area contributed by atoms with E-state index in [2.05, 4.69) is 54.9 Å². The van der Waals surface area contributed by atoms with Gasteiger partial charge >= 0.3 is 0 Å². The number of amides is 1. The van der Waals surface area contributed by atoms with Gasteiger partial charge in [-0.1, -0.05) is 44.2 Å². The van der Waals surface area contributed by atoms with Gasteiger partial charge in [-0.15, -0.1) is 11.3 Å². The Balaban J connectivity index is 1.63. The average molecular weight is 387 g/mol. The molecule has 0 radical (unpaired) electrons. The number of piperazine rings is 1. The quantitative estimate of drug-likeness (QED) is 0.818. The van der Waals surface area contributed by atoms with Crippen LogP contribution in [-0.2, 0) is 4.79 Å². The van der Waals surface area contributed by atoms with Gasteiger partial charge in [-0.05, 0) is 19.8 Å². The second-order valence-electron chi connectivity index (χ2n) is 7.71. The van der Waals surface area contributed by atoms with Crippen molar-refractivity contribution >= 4 is 22.4 Å². The molecule has 0 unspecified atom stereocenters. The van der Waals surface area contributed by atoms with Crippen LogP contribution in [-0.4, -0.2) is 59.5 Å². The van der Waals surface area contributed by atoms with Crippen molar-refractivity contribution in [1.82, 2.24) is 14.8 Å². The first-order valence-corrected chi connectivity index (χ1v) is 10.6. The lowest BCUT2D eigenvalue weighted by atomic mass is 10.1. The Hall–Kier alpha value is -1.76. The van der Waals surface area contributed by atoms with Gasteiger partial charge in [0.15, 0.2) is 5.13 Å². The van der Waals surface area contributed by atoms with Crippen molar-refractivity contribution in [2.75, 3.05) is 38.0 Å². The summed E-state index contributed by atoms with van der Waals surface area (Å²) in [5.74, 6) is 0.393. The van der Waals surface area contributed by atoms with E-state index >= 15 is 0 Å². The van der Waals surface area contributed by atoms with Crippen molar-refractivity contribution in [1.29, 1.82) is 0 Å². The van der Waals surface area contributed by atoms with Gasteiger partial charge in [0.2, 0.25) is 5.91 Å². The molecule has 2 aromatic rings. The first kappa shape index (κ1) is 20.0. The third-order valence-electron chi connectivity index (χ3n) is 4.98. The molecule has 146 valence electrons. The fourth-order valence-electron chi connectivity index (χ4n) is 3.38. The molecule has 5 nitrogen and oxygen atoms in total. The molecule has 0 atom stereocenters. The normalized spacial score (nSPS) is 16.2. The molecule has 1 fully saturated rings. The molecule has 0 spiro atoms. The number of rotatable bonds is 6. The van der Waals surface area contributed by atoms with E-state index in [4.69, 9.17) is 4.98 Å². The predicted molar refractivity (Wildman–Crippen MR) is 113 cm³/mol. The Bertz CT molecular complexity index is 749. The Kier molecular flexibility index (Phi) is 6.63. The van der Waals surface area contributed by atoms with E-state index in [0.717, 1.165) is 37.4 Å². The van der Waals surface area contributed by atoms with Gasteiger partial charge in [-0.2, -0.15) is 0 Å². The fraction of sp³-hybridized carbons (Fsp3) is 0.524. The summed E-state index contributed by atoms with van der Waals surface area (Å²) in [6.07, 6.45) is 0. The minimum Gasteiger partial charge on any atom is -0.301 e. The highest BCUT2D eigenvalue weighted by Crippen LogP contribution is 2.36. The highest BCUT2D eigenvalue weighted by Gasteiger charge is 2.22. The van der Waals surface area contributed by atoms with Gasteiger partial charge in [-0.25, -0.2) is 4.98 Å². The lowest BCUT2D eigenvalue weighted by Crippen LogP contribution is -2.50.